The zero-order valence-electron chi connectivity index (χ0n) is 13.7. The Balaban J connectivity index is 1.72. The number of hydrogen-bond donors (Lipinski definition) is 0. The molecule has 1 saturated heterocycles. The minimum Gasteiger partial charge on any atom is -0.337 e. The van der Waals surface area contributed by atoms with Crippen LogP contribution in [-0.4, -0.2) is 52.9 Å². The Morgan fingerprint density at radius 3 is 2.64 bits per heavy atom. The van der Waals surface area contributed by atoms with E-state index in [-0.39, 0.29) is 5.91 Å². The highest BCUT2D eigenvalue weighted by Crippen LogP contribution is 2.32. The topological polar surface area (TPSA) is 36.4 Å². The van der Waals surface area contributed by atoms with Crippen molar-refractivity contribution in [2.45, 2.75) is 39.2 Å². The first-order valence-electron chi connectivity index (χ1n) is 8.58. The summed E-state index contributed by atoms with van der Waals surface area (Å²) in [6, 6.07) is 4.12. The Labute approximate surface area is 133 Å². The number of amides is 1. The SMILES string of the molecule is CC(C)C1CN(C(=O)c2ccncc2)CCCN1CC1CC1. The lowest BCUT2D eigenvalue weighted by Gasteiger charge is -2.34. The molecule has 1 unspecified atom stereocenters. The molecular weight excluding hydrogens is 274 g/mol. The minimum absolute atomic E-state index is 0.154. The molecule has 1 aromatic rings. The molecule has 2 heterocycles. The van der Waals surface area contributed by atoms with Crippen molar-refractivity contribution in [1.29, 1.82) is 0 Å². The lowest BCUT2D eigenvalue weighted by molar-refractivity contribution is 0.0704. The highest BCUT2D eigenvalue weighted by molar-refractivity contribution is 5.94. The number of carbonyl (C=O) groups excluding carboxylic acids is 1. The number of pyridine rings is 1. The van der Waals surface area contributed by atoms with Gasteiger partial charge in [-0.05, 0) is 43.2 Å². The van der Waals surface area contributed by atoms with E-state index in [4.69, 9.17) is 0 Å². The van der Waals surface area contributed by atoms with Crippen LogP contribution in [0, 0.1) is 11.8 Å². The van der Waals surface area contributed by atoms with Gasteiger partial charge in [0.25, 0.3) is 5.91 Å². The Hall–Kier alpha value is -1.42. The van der Waals surface area contributed by atoms with Gasteiger partial charge in [0.2, 0.25) is 0 Å². The van der Waals surface area contributed by atoms with Crippen molar-refractivity contribution in [2.75, 3.05) is 26.2 Å². The highest BCUT2D eigenvalue weighted by Gasteiger charge is 2.33. The minimum atomic E-state index is 0.154. The largest absolute Gasteiger partial charge is 0.337 e. The van der Waals surface area contributed by atoms with Crippen molar-refractivity contribution in [1.82, 2.24) is 14.8 Å². The van der Waals surface area contributed by atoms with Gasteiger partial charge in [0.1, 0.15) is 0 Å². The molecule has 2 fully saturated rings. The summed E-state index contributed by atoms with van der Waals surface area (Å²) in [4.78, 5) is 21.4. The van der Waals surface area contributed by atoms with Crippen LogP contribution in [0.2, 0.25) is 0 Å². The Bertz CT molecular complexity index is 498. The van der Waals surface area contributed by atoms with E-state index in [1.54, 1.807) is 12.4 Å². The molecule has 4 nitrogen and oxygen atoms in total. The molecule has 1 aliphatic heterocycles. The van der Waals surface area contributed by atoms with Crippen molar-refractivity contribution in [2.24, 2.45) is 11.8 Å². The smallest absolute Gasteiger partial charge is 0.254 e. The maximum atomic E-state index is 12.7. The predicted octanol–water partition coefficient (Wildman–Crippen LogP) is 2.66. The molecule has 4 heteroatoms. The van der Waals surface area contributed by atoms with E-state index in [0.29, 0.717) is 12.0 Å². The van der Waals surface area contributed by atoms with Gasteiger partial charge in [-0.3, -0.25) is 14.7 Å². The normalized spacial score (nSPS) is 23.6. The van der Waals surface area contributed by atoms with E-state index in [1.165, 1.54) is 19.4 Å². The van der Waals surface area contributed by atoms with Crippen LogP contribution in [0.4, 0.5) is 0 Å². The van der Waals surface area contributed by atoms with Gasteiger partial charge in [-0.25, -0.2) is 0 Å². The number of nitrogens with zero attached hydrogens (tertiary/aromatic N) is 3. The van der Waals surface area contributed by atoms with Crippen LogP contribution in [0.25, 0.3) is 0 Å². The second-order valence-electron chi connectivity index (χ2n) is 7.09. The molecule has 0 bridgehead atoms. The third-order valence-corrected chi connectivity index (χ3v) is 4.92. The van der Waals surface area contributed by atoms with Gasteiger partial charge >= 0.3 is 0 Å². The van der Waals surface area contributed by atoms with Crippen LogP contribution >= 0.6 is 0 Å². The standard InChI is InChI=1S/C18H27N3O/c1-14(2)17-13-21(18(22)16-6-8-19-9-7-16)11-3-10-20(17)12-15-4-5-15/h6-9,14-15,17H,3-5,10-13H2,1-2H3. The van der Waals surface area contributed by atoms with Crippen LogP contribution in [0.15, 0.2) is 24.5 Å². The van der Waals surface area contributed by atoms with Crippen LogP contribution in [0.1, 0.15) is 43.5 Å². The summed E-state index contributed by atoms with van der Waals surface area (Å²) in [5.74, 6) is 1.63. The number of rotatable bonds is 4. The molecule has 1 saturated carbocycles. The molecule has 1 aromatic heterocycles. The Morgan fingerprint density at radius 2 is 2.00 bits per heavy atom. The van der Waals surface area contributed by atoms with Crippen molar-refractivity contribution in [3.63, 3.8) is 0 Å². The number of aromatic nitrogens is 1. The fourth-order valence-electron chi connectivity index (χ4n) is 3.42. The van der Waals surface area contributed by atoms with Crippen LogP contribution in [-0.2, 0) is 0 Å². The maximum absolute atomic E-state index is 12.7. The van der Waals surface area contributed by atoms with E-state index >= 15 is 0 Å². The summed E-state index contributed by atoms with van der Waals surface area (Å²) in [5.41, 5.74) is 0.758. The van der Waals surface area contributed by atoms with Gasteiger partial charge in [-0.1, -0.05) is 13.8 Å². The average molecular weight is 301 g/mol. The van der Waals surface area contributed by atoms with Gasteiger partial charge in [0.15, 0.2) is 0 Å². The lowest BCUT2D eigenvalue weighted by Crippen LogP contribution is -2.46. The molecule has 1 aliphatic carbocycles. The van der Waals surface area contributed by atoms with Crippen LogP contribution < -0.4 is 0 Å². The molecule has 22 heavy (non-hydrogen) atoms. The summed E-state index contributed by atoms with van der Waals surface area (Å²) >= 11 is 0. The van der Waals surface area contributed by atoms with Crippen LogP contribution in [0.5, 0.6) is 0 Å². The monoisotopic (exact) mass is 301 g/mol. The first kappa shape index (κ1) is 15.5. The third-order valence-electron chi connectivity index (χ3n) is 4.92. The molecule has 0 aromatic carbocycles. The maximum Gasteiger partial charge on any atom is 0.254 e. The van der Waals surface area contributed by atoms with E-state index in [1.807, 2.05) is 17.0 Å². The van der Waals surface area contributed by atoms with Gasteiger partial charge < -0.3 is 4.90 Å². The van der Waals surface area contributed by atoms with Gasteiger partial charge in [0, 0.05) is 50.2 Å². The molecule has 1 atom stereocenters. The van der Waals surface area contributed by atoms with E-state index in [9.17, 15) is 4.79 Å². The predicted molar refractivity (Wildman–Crippen MR) is 87.7 cm³/mol. The van der Waals surface area contributed by atoms with E-state index in [2.05, 4.69) is 23.7 Å². The molecule has 3 rings (SSSR count). The first-order valence-corrected chi connectivity index (χ1v) is 8.58. The van der Waals surface area contributed by atoms with Crippen molar-refractivity contribution in [3.8, 4) is 0 Å². The van der Waals surface area contributed by atoms with E-state index in [0.717, 1.165) is 37.5 Å². The second-order valence-corrected chi connectivity index (χ2v) is 7.09. The molecule has 0 spiro atoms. The fraction of sp³-hybridized carbons (Fsp3) is 0.667. The highest BCUT2D eigenvalue weighted by atomic mass is 16.2. The zero-order chi connectivity index (χ0) is 15.5. The molecule has 0 N–H and O–H groups in total. The molecule has 2 aliphatic rings. The van der Waals surface area contributed by atoms with Crippen molar-refractivity contribution < 1.29 is 4.79 Å². The summed E-state index contributed by atoms with van der Waals surface area (Å²) in [6.45, 7) is 8.63. The van der Waals surface area contributed by atoms with Crippen molar-refractivity contribution in [3.05, 3.63) is 30.1 Å². The van der Waals surface area contributed by atoms with Crippen LogP contribution in [0.3, 0.4) is 0 Å². The van der Waals surface area contributed by atoms with E-state index < -0.39 is 0 Å². The third kappa shape index (κ3) is 3.67. The number of hydrogen-bond acceptors (Lipinski definition) is 3. The Kier molecular flexibility index (Phi) is 4.77. The molecular formula is C18H27N3O. The Morgan fingerprint density at radius 1 is 1.27 bits per heavy atom. The first-order chi connectivity index (χ1) is 10.6. The van der Waals surface area contributed by atoms with Gasteiger partial charge in [0.05, 0.1) is 0 Å². The molecule has 1 amide bonds. The quantitative estimate of drug-likeness (QED) is 0.858. The summed E-state index contributed by atoms with van der Waals surface area (Å²) in [6.07, 6.45) is 7.25. The van der Waals surface area contributed by atoms with Crippen molar-refractivity contribution >= 4 is 5.91 Å². The molecule has 0 radical (unpaired) electrons. The lowest BCUT2D eigenvalue weighted by atomic mass is 10.0. The van der Waals surface area contributed by atoms with Gasteiger partial charge in [-0.2, -0.15) is 0 Å². The van der Waals surface area contributed by atoms with Gasteiger partial charge in [-0.15, -0.1) is 0 Å². The average Bonchev–Trinajstić information content (AvgIpc) is 3.35. The fourth-order valence-corrected chi connectivity index (χ4v) is 3.42. The summed E-state index contributed by atoms with van der Waals surface area (Å²) in [7, 11) is 0. The summed E-state index contributed by atoms with van der Waals surface area (Å²) in [5, 5.41) is 0. The molecule has 120 valence electrons. The second kappa shape index (κ2) is 6.78. The number of carbonyl (C=O) groups is 1. The summed E-state index contributed by atoms with van der Waals surface area (Å²) < 4.78 is 0. The zero-order valence-corrected chi connectivity index (χ0v) is 13.7.